The molecule has 2 aromatic rings. The number of aromatic nitrogens is 1. The third-order valence-corrected chi connectivity index (χ3v) is 4.84. The first-order valence-corrected chi connectivity index (χ1v) is 8.81. The maximum atomic E-state index is 12.4. The number of rotatable bonds is 6. The number of carbonyl (C=O) groups is 1. The average molecular weight is 332 g/mol. The summed E-state index contributed by atoms with van der Waals surface area (Å²) in [6, 6.07) is 9.55. The van der Waals surface area contributed by atoms with Crippen molar-refractivity contribution < 1.29 is 9.53 Å². The number of thioether (sulfide) groups is 1. The SMILES string of the molecule is CSc1ccc(OC(C)C(=O)C(C#N)c2nc(C)cs2)cc1. The van der Waals surface area contributed by atoms with Gasteiger partial charge in [-0.3, -0.25) is 4.79 Å². The smallest absolute Gasteiger partial charge is 0.196 e. The molecule has 22 heavy (non-hydrogen) atoms. The molecule has 0 saturated heterocycles. The molecule has 0 bridgehead atoms. The van der Waals surface area contributed by atoms with E-state index in [1.807, 2.05) is 48.9 Å². The van der Waals surface area contributed by atoms with Crippen molar-refractivity contribution >= 4 is 28.9 Å². The van der Waals surface area contributed by atoms with Gasteiger partial charge in [-0.05, 0) is 44.4 Å². The molecule has 0 N–H and O–H groups in total. The van der Waals surface area contributed by atoms with E-state index in [9.17, 15) is 10.1 Å². The molecular weight excluding hydrogens is 316 g/mol. The van der Waals surface area contributed by atoms with Crippen LogP contribution in [0, 0.1) is 18.3 Å². The number of benzene rings is 1. The Morgan fingerprint density at radius 1 is 1.41 bits per heavy atom. The first-order chi connectivity index (χ1) is 10.5. The summed E-state index contributed by atoms with van der Waals surface area (Å²) in [6.45, 7) is 3.50. The number of hydrogen-bond donors (Lipinski definition) is 0. The third kappa shape index (κ3) is 3.87. The lowest BCUT2D eigenvalue weighted by Crippen LogP contribution is -2.28. The monoisotopic (exact) mass is 332 g/mol. The van der Waals surface area contributed by atoms with Gasteiger partial charge in [-0.1, -0.05) is 0 Å². The molecule has 0 fully saturated rings. The molecule has 0 amide bonds. The van der Waals surface area contributed by atoms with Crippen LogP contribution in [0.3, 0.4) is 0 Å². The molecule has 2 unspecified atom stereocenters. The Morgan fingerprint density at radius 2 is 2.09 bits per heavy atom. The molecule has 114 valence electrons. The Balaban J connectivity index is 2.08. The molecule has 0 aliphatic carbocycles. The van der Waals surface area contributed by atoms with E-state index in [1.165, 1.54) is 11.3 Å². The number of ketones is 1. The van der Waals surface area contributed by atoms with E-state index in [1.54, 1.807) is 18.7 Å². The second-order valence-corrected chi connectivity index (χ2v) is 6.50. The summed E-state index contributed by atoms with van der Waals surface area (Å²) in [5, 5.41) is 11.6. The minimum absolute atomic E-state index is 0.272. The van der Waals surface area contributed by atoms with E-state index in [2.05, 4.69) is 4.98 Å². The Morgan fingerprint density at radius 3 is 2.59 bits per heavy atom. The summed E-state index contributed by atoms with van der Waals surface area (Å²) in [4.78, 5) is 17.8. The van der Waals surface area contributed by atoms with Crippen molar-refractivity contribution in [2.24, 2.45) is 0 Å². The largest absolute Gasteiger partial charge is 0.483 e. The van der Waals surface area contributed by atoms with Gasteiger partial charge in [-0.2, -0.15) is 5.26 Å². The molecule has 6 heteroatoms. The van der Waals surface area contributed by atoms with Crippen LogP contribution in [0.5, 0.6) is 5.75 Å². The molecule has 0 aliphatic heterocycles. The lowest BCUT2D eigenvalue weighted by molar-refractivity contribution is -0.125. The minimum atomic E-state index is -0.876. The molecule has 4 nitrogen and oxygen atoms in total. The fourth-order valence-corrected chi connectivity index (χ4v) is 3.15. The van der Waals surface area contributed by atoms with Gasteiger partial charge in [0, 0.05) is 16.0 Å². The van der Waals surface area contributed by atoms with Crippen LogP contribution in [0.4, 0.5) is 0 Å². The maximum Gasteiger partial charge on any atom is 0.196 e. The van der Waals surface area contributed by atoms with Gasteiger partial charge in [0.25, 0.3) is 0 Å². The zero-order chi connectivity index (χ0) is 16.1. The molecule has 2 rings (SSSR count). The van der Waals surface area contributed by atoms with Crippen molar-refractivity contribution in [1.82, 2.24) is 4.98 Å². The summed E-state index contributed by atoms with van der Waals surface area (Å²) in [6.07, 6.45) is 1.30. The van der Waals surface area contributed by atoms with Crippen LogP contribution in [0.15, 0.2) is 34.5 Å². The van der Waals surface area contributed by atoms with Crippen LogP contribution in [0.2, 0.25) is 0 Å². The highest BCUT2D eigenvalue weighted by molar-refractivity contribution is 7.98. The highest BCUT2D eigenvalue weighted by atomic mass is 32.2. The zero-order valence-electron chi connectivity index (χ0n) is 12.6. The van der Waals surface area contributed by atoms with Crippen molar-refractivity contribution in [3.63, 3.8) is 0 Å². The van der Waals surface area contributed by atoms with Gasteiger partial charge in [0.15, 0.2) is 17.8 Å². The van der Waals surface area contributed by atoms with E-state index < -0.39 is 12.0 Å². The number of ether oxygens (including phenoxy) is 1. The van der Waals surface area contributed by atoms with E-state index in [0.29, 0.717) is 10.8 Å². The van der Waals surface area contributed by atoms with Gasteiger partial charge in [0.1, 0.15) is 10.8 Å². The number of Topliss-reactive ketones (excluding diaryl/α,β-unsaturated/α-hetero) is 1. The lowest BCUT2D eigenvalue weighted by Gasteiger charge is -2.15. The summed E-state index contributed by atoms with van der Waals surface area (Å²) in [7, 11) is 0. The highest BCUT2D eigenvalue weighted by Gasteiger charge is 2.29. The summed E-state index contributed by atoms with van der Waals surface area (Å²) < 4.78 is 5.65. The molecule has 0 saturated carbocycles. The van der Waals surface area contributed by atoms with Gasteiger partial charge in [-0.15, -0.1) is 23.1 Å². The number of carbonyl (C=O) groups excluding carboxylic acids is 1. The molecule has 1 aromatic heterocycles. The average Bonchev–Trinajstić information content (AvgIpc) is 2.95. The standard InChI is InChI=1S/C16H16N2O2S2/c1-10-9-22-16(18-10)14(8-17)15(19)11(2)20-12-4-6-13(21-3)7-5-12/h4-7,9,11,14H,1-3H3. The Bertz CT molecular complexity index is 689. The molecular formula is C16H16N2O2S2. The Hall–Kier alpha value is -1.84. The second kappa shape index (κ2) is 7.43. The number of hydrogen-bond acceptors (Lipinski definition) is 6. The van der Waals surface area contributed by atoms with Crippen LogP contribution >= 0.6 is 23.1 Å². The van der Waals surface area contributed by atoms with Gasteiger partial charge in [-0.25, -0.2) is 4.98 Å². The van der Waals surface area contributed by atoms with Crippen LogP contribution in [-0.4, -0.2) is 23.1 Å². The molecule has 0 radical (unpaired) electrons. The van der Waals surface area contributed by atoms with E-state index in [4.69, 9.17) is 4.74 Å². The van der Waals surface area contributed by atoms with Gasteiger partial charge in [0.2, 0.25) is 0 Å². The van der Waals surface area contributed by atoms with Crippen LogP contribution < -0.4 is 4.74 Å². The zero-order valence-corrected chi connectivity index (χ0v) is 14.2. The Kier molecular flexibility index (Phi) is 5.58. The predicted octanol–water partition coefficient (Wildman–Crippen LogP) is 3.82. The molecule has 2 atom stereocenters. The molecule has 1 heterocycles. The lowest BCUT2D eigenvalue weighted by atomic mass is 10.0. The van der Waals surface area contributed by atoms with Crippen LogP contribution in [0.25, 0.3) is 0 Å². The fraction of sp³-hybridized carbons (Fsp3) is 0.312. The number of nitriles is 1. The first-order valence-electron chi connectivity index (χ1n) is 6.71. The van der Waals surface area contributed by atoms with Gasteiger partial charge >= 0.3 is 0 Å². The third-order valence-electron chi connectivity index (χ3n) is 3.07. The van der Waals surface area contributed by atoms with Crippen molar-refractivity contribution in [3.8, 4) is 11.8 Å². The summed E-state index contributed by atoms with van der Waals surface area (Å²) >= 11 is 2.96. The normalized spacial score (nSPS) is 13.2. The maximum absolute atomic E-state index is 12.4. The number of nitrogens with zero attached hydrogens (tertiary/aromatic N) is 2. The predicted molar refractivity (Wildman–Crippen MR) is 88.5 cm³/mol. The van der Waals surface area contributed by atoms with Gasteiger partial charge in [0.05, 0.1) is 6.07 Å². The van der Waals surface area contributed by atoms with Crippen molar-refractivity contribution in [3.05, 3.63) is 40.3 Å². The van der Waals surface area contributed by atoms with Crippen LogP contribution in [0.1, 0.15) is 23.5 Å². The number of aryl methyl sites for hydroxylation is 1. The van der Waals surface area contributed by atoms with E-state index in [-0.39, 0.29) is 5.78 Å². The first kappa shape index (κ1) is 16.5. The highest BCUT2D eigenvalue weighted by Crippen LogP contribution is 2.24. The van der Waals surface area contributed by atoms with Crippen molar-refractivity contribution in [2.45, 2.75) is 30.8 Å². The summed E-state index contributed by atoms with van der Waals surface area (Å²) in [5.74, 6) is -0.532. The fourth-order valence-electron chi connectivity index (χ4n) is 1.90. The second-order valence-electron chi connectivity index (χ2n) is 4.73. The minimum Gasteiger partial charge on any atom is -0.483 e. The van der Waals surface area contributed by atoms with Crippen LogP contribution in [-0.2, 0) is 4.79 Å². The van der Waals surface area contributed by atoms with Gasteiger partial charge < -0.3 is 4.74 Å². The molecule has 1 aromatic carbocycles. The van der Waals surface area contributed by atoms with Crippen molar-refractivity contribution in [2.75, 3.05) is 6.26 Å². The summed E-state index contributed by atoms with van der Waals surface area (Å²) in [5.41, 5.74) is 0.814. The quantitative estimate of drug-likeness (QED) is 0.753. The van der Waals surface area contributed by atoms with Crippen molar-refractivity contribution in [1.29, 1.82) is 5.26 Å². The Labute approximate surface area is 138 Å². The van der Waals surface area contributed by atoms with E-state index in [0.717, 1.165) is 10.6 Å². The topological polar surface area (TPSA) is 63.0 Å². The molecule has 0 aliphatic rings. The molecule has 0 spiro atoms. The number of thiazole rings is 1. The van der Waals surface area contributed by atoms with E-state index >= 15 is 0 Å².